The number of carbonyl (C=O) groups is 3. The minimum atomic E-state index is -1.05. The van der Waals surface area contributed by atoms with Crippen LogP contribution in [0.4, 0.5) is 0 Å². The van der Waals surface area contributed by atoms with Gasteiger partial charge in [-0.05, 0) is 26.2 Å². The number of ketones is 2. The van der Waals surface area contributed by atoms with Gasteiger partial charge in [0, 0.05) is 25.7 Å². The number of allylic oxidation sites excluding steroid dienone is 2. The highest BCUT2D eigenvalue weighted by Gasteiger charge is 2.49. The molecule has 3 aliphatic heterocycles. The summed E-state index contributed by atoms with van der Waals surface area (Å²) in [7, 11) is 0. The fourth-order valence-electron chi connectivity index (χ4n) is 3.88. The van der Waals surface area contributed by atoms with Crippen molar-refractivity contribution in [3.05, 3.63) is 23.8 Å². The van der Waals surface area contributed by atoms with Crippen LogP contribution in [0.2, 0.25) is 0 Å². The van der Waals surface area contributed by atoms with E-state index in [4.69, 9.17) is 9.47 Å². The maximum atomic E-state index is 12.4. The quantitative estimate of drug-likeness (QED) is 0.572. The molecule has 3 heterocycles. The van der Waals surface area contributed by atoms with E-state index in [0.717, 1.165) is 5.57 Å². The second kappa shape index (κ2) is 6.50. The molecular weight excluding hydrogens is 324 g/mol. The largest absolute Gasteiger partial charge is 0.456 e. The molecule has 0 aromatic carbocycles. The minimum absolute atomic E-state index is 0.0541. The second-order valence-electron chi connectivity index (χ2n) is 7.68. The van der Waals surface area contributed by atoms with Crippen LogP contribution in [0.15, 0.2) is 23.8 Å². The molecule has 25 heavy (non-hydrogen) atoms. The number of hydrogen-bond acceptors (Lipinski definition) is 6. The van der Waals surface area contributed by atoms with Gasteiger partial charge in [0.05, 0.1) is 11.2 Å². The third-order valence-electron chi connectivity index (χ3n) is 5.34. The highest BCUT2D eigenvalue weighted by atomic mass is 16.6. The highest BCUT2D eigenvalue weighted by Crippen LogP contribution is 2.38. The monoisotopic (exact) mass is 348 g/mol. The van der Waals surface area contributed by atoms with E-state index in [-0.39, 0.29) is 48.7 Å². The average molecular weight is 348 g/mol. The number of aliphatic hydroxyl groups is 1. The van der Waals surface area contributed by atoms with Crippen molar-refractivity contribution in [2.24, 2.45) is 5.92 Å². The Balaban J connectivity index is 1.94. The maximum absolute atomic E-state index is 12.4. The third kappa shape index (κ3) is 3.60. The van der Waals surface area contributed by atoms with E-state index in [1.807, 2.05) is 6.92 Å². The van der Waals surface area contributed by atoms with E-state index in [1.165, 1.54) is 0 Å². The lowest BCUT2D eigenvalue weighted by atomic mass is 9.87. The summed E-state index contributed by atoms with van der Waals surface area (Å²) < 4.78 is 11.2. The molecule has 0 aromatic heterocycles. The zero-order valence-corrected chi connectivity index (χ0v) is 14.6. The van der Waals surface area contributed by atoms with E-state index in [9.17, 15) is 19.5 Å². The molecule has 0 saturated carbocycles. The SMILES string of the molecule is C=C(C)[C@H]1C/C=C2\C(=O)O[C@H](C[C@@]3(C)CC(=O)[C@H](CC(=O)C1)O3)[C@H]2O. The van der Waals surface area contributed by atoms with E-state index in [2.05, 4.69) is 6.58 Å². The molecule has 4 bridgehead atoms. The Morgan fingerprint density at radius 3 is 2.72 bits per heavy atom. The Kier molecular flexibility index (Phi) is 4.68. The number of hydrogen-bond donors (Lipinski definition) is 1. The van der Waals surface area contributed by atoms with Gasteiger partial charge >= 0.3 is 5.97 Å². The van der Waals surface area contributed by atoms with Gasteiger partial charge < -0.3 is 14.6 Å². The van der Waals surface area contributed by atoms with Gasteiger partial charge in [0.25, 0.3) is 0 Å². The lowest BCUT2D eigenvalue weighted by Crippen LogP contribution is -2.35. The van der Waals surface area contributed by atoms with Crippen molar-refractivity contribution in [3.63, 3.8) is 0 Å². The Hall–Kier alpha value is -1.79. The smallest absolute Gasteiger partial charge is 0.336 e. The first-order chi connectivity index (χ1) is 11.7. The molecule has 6 heteroatoms. The van der Waals surface area contributed by atoms with Gasteiger partial charge in [-0.25, -0.2) is 4.79 Å². The molecule has 0 unspecified atom stereocenters. The van der Waals surface area contributed by atoms with Crippen molar-refractivity contribution in [2.75, 3.05) is 0 Å². The standard InChI is InChI=1S/C19H24O6/c1-10(2)11-4-5-13-17(22)16(24-18(13)23)9-19(3)8-14(21)15(25-19)7-12(20)6-11/h5,11,15-17,22H,1,4,6-9H2,2-3H3/b13-5-/t11-,15-,16+,17-,19+/m0/s1. The van der Waals surface area contributed by atoms with Crippen molar-refractivity contribution in [1.29, 1.82) is 0 Å². The van der Waals surface area contributed by atoms with Gasteiger partial charge in [-0.2, -0.15) is 0 Å². The van der Waals surface area contributed by atoms with Crippen LogP contribution in [0, 0.1) is 5.92 Å². The number of fused-ring (bicyclic) bond motifs is 4. The van der Waals surface area contributed by atoms with Gasteiger partial charge in [-0.3, -0.25) is 9.59 Å². The molecule has 3 aliphatic rings. The van der Waals surface area contributed by atoms with Crippen LogP contribution in [0.25, 0.3) is 0 Å². The minimum Gasteiger partial charge on any atom is -0.456 e. The van der Waals surface area contributed by atoms with Crippen molar-refractivity contribution >= 4 is 17.5 Å². The van der Waals surface area contributed by atoms with E-state index >= 15 is 0 Å². The lowest BCUT2D eigenvalue weighted by molar-refractivity contribution is -0.144. The number of esters is 1. The van der Waals surface area contributed by atoms with E-state index < -0.39 is 29.9 Å². The van der Waals surface area contributed by atoms with Crippen LogP contribution in [0.3, 0.4) is 0 Å². The van der Waals surface area contributed by atoms with Gasteiger partial charge in [0.1, 0.15) is 24.1 Å². The summed E-state index contributed by atoms with van der Waals surface area (Å²) in [5, 5.41) is 10.5. The molecule has 2 fully saturated rings. The summed E-state index contributed by atoms with van der Waals surface area (Å²) in [5.41, 5.74) is 0.194. The topological polar surface area (TPSA) is 89.9 Å². The fourth-order valence-corrected chi connectivity index (χ4v) is 3.88. The molecule has 2 saturated heterocycles. The molecular formula is C19H24O6. The summed E-state index contributed by atoms with van der Waals surface area (Å²) in [6.07, 6.45) is 0.187. The van der Waals surface area contributed by atoms with Crippen molar-refractivity contribution < 1.29 is 29.0 Å². The second-order valence-corrected chi connectivity index (χ2v) is 7.68. The van der Waals surface area contributed by atoms with Gasteiger partial charge in [0.15, 0.2) is 5.78 Å². The van der Waals surface area contributed by atoms with Crippen LogP contribution in [0.1, 0.15) is 46.0 Å². The summed E-state index contributed by atoms with van der Waals surface area (Å²) in [4.78, 5) is 36.8. The number of aliphatic hydroxyl groups excluding tert-OH is 1. The van der Waals surface area contributed by atoms with Gasteiger partial charge in [-0.15, -0.1) is 0 Å². The Labute approximate surface area is 146 Å². The van der Waals surface area contributed by atoms with Crippen molar-refractivity contribution in [3.8, 4) is 0 Å². The number of carbonyl (C=O) groups excluding carboxylic acids is 3. The molecule has 136 valence electrons. The number of ether oxygens (including phenoxy) is 2. The van der Waals surface area contributed by atoms with Crippen LogP contribution < -0.4 is 0 Å². The molecule has 0 radical (unpaired) electrons. The Morgan fingerprint density at radius 1 is 1.32 bits per heavy atom. The maximum Gasteiger partial charge on any atom is 0.336 e. The summed E-state index contributed by atoms with van der Waals surface area (Å²) >= 11 is 0. The van der Waals surface area contributed by atoms with Gasteiger partial charge in [-0.1, -0.05) is 18.2 Å². The molecule has 0 spiro atoms. The van der Waals surface area contributed by atoms with Crippen molar-refractivity contribution in [1.82, 2.24) is 0 Å². The normalized spacial score (nSPS) is 41.2. The number of rotatable bonds is 1. The van der Waals surface area contributed by atoms with Crippen LogP contribution in [0.5, 0.6) is 0 Å². The molecule has 0 aromatic rings. The van der Waals surface area contributed by atoms with Crippen LogP contribution in [-0.2, 0) is 23.9 Å². The molecule has 0 amide bonds. The molecule has 3 rings (SSSR count). The molecule has 6 nitrogen and oxygen atoms in total. The number of Topliss-reactive ketones (excluding diaryl/α,β-unsaturated/α-hetero) is 2. The molecule has 1 N–H and O–H groups in total. The van der Waals surface area contributed by atoms with Crippen LogP contribution in [-0.4, -0.2) is 46.6 Å². The summed E-state index contributed by atoms with van der Waals surface area (Å²) in [6.45, 7) is 7.50. The lowest BCUT2D eigenvalue weighted by Gasteiger charge is -2.27. The predicted molar refractivity (Wildman–Crippen MR) is 88.7 cm³/mol. The van der Waals surface area contributed by atoms with E-state index in [1.54, 1.807) is 13.0 Å². The first kappa shape index (κ1) is 18.0. The zero-order chi connectivity index (χ0) is 18.4. The van der Waals surface area contributed by atoms with E-state index in [0.29, 0.717) is 6.42 Å². The van der Waals surface area contributed by atoms with Gasteiger partial charge in [0.2, 0.25) is 0 Å². The first-order valence-electron chi connectivity index (χ1n) is 8.65. The zero-order valence-electron chi connectivity index (χ0n) is 14.6. The van der Waals surface area contributed by atoms with Crippen LogP contribution >= 0.6 is 0 Å². The average Bonchev–Trinajstić information content (AvgIpc) is 2.91. The Morgan fingerprint density at radius 2 is 2.04 bits per heavy atom. The Bertz CT molecular complexity index is 663. The van der Waals surface area contributed by atoms with Crippen molar-refractivity contribution in [2.45, 2.75) is 69.9 Å². The first-order valence-corrected chi connectivity index (χ1v) is 8.65. The highest BCUT2D eigenvalue weighted by molar-refractivity contribution is 5.93. The summed E-state index contributed by atoms with van der Waals surface area (Å²) in [6, 6.07) is 0. The summed E-state index contributed by atoms with van der Waals surface area (Å²) in [5.74, 6) is -0.871. The fraction of sp³-hybridized carbons (Fsp3) is 0.632. The molecule has 0 aliphatic carbocycles. The molecule has 5 atom stereocenters. The predicted octanol–water partition coefficient (Wildman–Crippen LogP) is 1.65. The third-order valence-corrected chi connectivity index (χ3v) is 5.34.